The summed E-state index contributed by atoms with van der Waals surface area (Å²) in [5.74, 6) is 0.761. The zero-order chi connectivity index (χ0) is 17.2. The van der Waals surface area contributed by atoms with Gasteiger partial charge in [-0.3, -0.25) is 0 Å². The molecule has 0 spiro atoms. The molecule has 0 bridgehead atoms. The average Bonchev–Trinajstić information content (AvgIpc) is 2.47. The largest absolute Gasteiger partial charge is 0.393 e. The first-order valence-corrected chi connectivity index (χ1v) is 9.60. The molecule has 6 nitrogen and oxygen atoms in total. The Morgan fingerprint density at radius 2 is 1.74 bits per heavy atom. The second-order valence-electron chi connectivity index (χ2n) is 6.59. The lowest BCUT2D eigenvalue weighted by Gasteiger charge is -2.31. The minimum atomic E-state index is -3.54. The monoisotopic (exact) mass is 341 g/mol. The van der Waals surface area contributed by atoms with Crippen LogP contribution in [0, 0.1) is 0 Å². The second-order valence-corrected chi connectivity index (χ2v) is 8.44. The van der Waals surface area contributed by atoms with Crippen molar-refractivity contribution in [1.82, 2.24) is 9.29 Å². The number of nitrogens with zero attached hydrogens (tertiary/aromatic N) is 3. The molecule has 1 N–H and O–H groups in total. The highest BCUT2D eigenvalue weighted by atomic mass is 32.2. The Morgan fingerprint density at radius 3 is 2.17 bits per heavy atom. The summed E-state index contributed by atoms with van der Waals surface area (Å²) in [6, 6.07) is 3.16. The molecule has 23 heavy (non-hydrogen) atoms. The average molecular weight is 341 g/mol. The van der Waals surface area contributed by atoms with Crippen LogP contribution in [0.5, 0.6) is 0 Å². The fourth-order valence-electron chi connectivity index (χ4n) is 3.08. The molecule has 7 heteroatoms. The molecular formula is C16H27N3O3S. The molecule has 1 saturated heterocycles. The van der Waals surface area contributed by atoms with Gasteiger partial charge in [-0.2, -0.15) is 4.31 Å². The normalized spacial score (nSPS) is 17.5. The number of aliphatic hydroxyl groups is 1. The smallest absolute Gasteiger partial charge is 0.245 e. The van der Waals surface area contributed by atoms with Crippen LogP contribution in [0.1, 0.15) is 40.5 Å². The van der Waals surface area contributed by atoms with E-state index < -0.39 is 10.0 Å². The minimum Gasteiger partial charge on any atom is -0.393 e. The summed E-state index contributed by atoms with van der Waals surface area (Å²) in [6.07, 6.45) is 2.64. The molecule has 0 aromatic carbocycles. The van der Waals surface area contributed by atoms with Crippen LogP contribution < -0.4 is 4.90 Å². The third-order valence-corrected chi connectivity index (χ3v) is 6.34. The number of aliphatic hydroxyl groups excluding tert-OH is 1. The summed E-state index contributed by atoms with van der Waals surface area (Å²) in [5, 5.41) is 9.56. The van der Waals surface area contributed by atoms with Crippen molar-refractivity contribution in [2.24, 2.45) is 0 Å². The lowest BCUT2D eigenvalue weighted by Crippen LogP contribution is -2.42. The van der Waals surface area contributed by atoms with Crippen molar-refractivity contribution in [3.05, 3.63) is 18.3 Å². The second kappa shape index (κ2) is 7.15. The van der Waals surface area contributed by atoms with Gasteiger partial charge in [0.05, 0.1) is 6.10 Å². The highest BCUT2D eigenvalue weighted by molar-refractivity contribution is 7.89. The molecule has 0 unspecified atom stereocenters. The standard InChI is InChI=1S/C16H27N3O3S/c1-12(2)19(13(3)4)23(21,22)15-5-6-16(17-11-15)18-9-7-14(20)8-10-18/h5-6,11-14,20H,7-10H2,1-4H3. The Bertz CT molecular complexity index is 598. The summed E-state index contributed by atoms with van der Waals surface area (Å²) >= 11 is 0. The first kappa shape index (κ1) is 18.2. The maximum atomic E-state index is 12.8. The van der Waals surface area contributed by atoms with Gasteiger partial charge >= 0.3 is 0 Å². The van der Waals surface area contributed by atoms with Gasteiger partial charge in [0.15, 0.2) is 0 Å². The molecule has 0 saturated carbocycles. The van der Waals surface area contributed by atoms with Crippen molar-refractivity contribution < 1.29 is 13.5 Å². The van der Waals surface area contributed by atoms with Crippen molar-refractivity contribution in [3.63, 3.8) is 0 Å². The lowest BCUT2D eigenvalue weighted by atomic mass is 10.1. The Labute approximate surface area is 139 Å². The number of sulfonamides is 1. The molecule has 1 aliphatic heterocycles. The zero-order valence-corrected chi connectivity index (χ0v) is 15.1. The molecule has 0 atom stereocenters. The van der Waals surface area contributed by atoms with Gasteiger partial charge in [-0.05, 0) is 52.7 Å². The molecule has 0 aliphatic carbocycles. The van der Waals surface area contributed by atoms with Crippen LogP contribution in [0.2, 0.25) is 0 Å². The van der Waals surface area contributed by atoms with Crippen LogP contribution in [0.4, 0.5) is 5.82 Å². The minimum absolute atomic E-state index is 0.108. The summed E-state index contributed by atoms with van der Waals surface area (Å²) in [4.78, 5) is 6.63. The Hall–Kier alpha value is -1.18. The molecule has 2 rings (SSSR count). The third kappa shape index (κ3) is 4.02. The number of aromatic nitrogens is 1. The van der Waals surface area contributed by atoms with Crippen molar-refractivity contribution in [1.29, 1.82) is 0 Å². The van der Waals surface area contributed by atoms with Gasteiger partial charge < -0.3 is 10.0 Å². The summed E-state index contributed by atoms with van der Waals surface area (Å²) in [5.41, 5.74) is 0. The van der Waals surface area contributed by atoms with E-state index in [0.717, 1.165) is 31.7 Å². The van der Waals surface area contributed by atoms with Crippen LogP contribution in [-0.2, 0) is 10.0 Å². The van der Waals surface area contributed by atoms with Crippen molar-refractivity contribution in [2.45, 2.75) is 63.6 Å². The maximum absolute atomic E-state index is 12.8. The van der Waals surface area contributed by atoms with E-state index in [0.29, 0.717) is 0 Å². The predicted molar refractivity (Wildman–Crippen MR) is 91.0 cm³/mol. The van der Waals surface area contributed by atoms with E-state index in [-0.39, 0.29) is 23.1 Å². The molecule has 130 valence electrons. The van der Waals surface area contributed by atoms with Gasteiger partial charge in [0.25, 0.3) is 0 Å². The molecule has 0 radical (unpaired) electrons. The number of hydrogen-bond acceptors (Lipinski definition) is 5. The van der Waals surface area contributed by atoms with Gasteiger partial charge in [0.2, 0.25) is 10.0 Å². The van der Waals surface area contributed by atoms with Gasteiger partial charge in [0.1, 0.15) is 10.7 Å². The zero-order valence-electron chi connectivity index (χ0n) is 14.3. The van der Waals surface area contributed by atoms with E-state index >= 15 is 0 Å². The van der Waals surface area contributed by atoms with Crippen LogP contribution in [0.25, 0.3) is 0 Å². The van der Waals surface area contributed by atoms with Gasteiger partial charge in [-0.1, -0.05) is 0 Å². The predicted octanol–water partition coefficient (Wildman–Crippen LogP) is 1.85. The fourth-order valence-corrected chi connectivity index (χ4v) is 4.86. The molecule has 2 heterocycles. The Kier molecular flexibility index (Phi) is 5.65. The first-order chi connectivity index (χ1) is 10.7. The third-order valence-electron chi connectivity index (χ3n) is 4.10. The number of hydrogen-bond donors (Lipinski definition) is 1. The highest BCUT2D eigenvalue weighted by Gasteiger charge is 2.30. The van der Waals surface area contributed by atoms with Gasteiger partial charge in [-0.25, -0.2) is 13.4 Å². The Morgan fingerprint density at radius 1 is 1.17 bits per heavy atom. The number of piperidine rings is 1. The quantitative estimate of drug-likeness (QED) is 0.885. The molecule has 1 aromatic heterocycles. The number of anilines is 1. The van der Waals surface area contributed by atoms with Crippen LogP contribution in [-0.4, -0.2) is 54.1 Å². The summed E-state index contributed by atoms with van der Waals surface area (Å²) in [7, 11) is -3.54. The SMILES string of the molecule is CC(C)N(C(C)C)S(=O)(=O)c1ccc(N2CCC(O)CC2)nc1. The van der Waals surface area contributed by atoms with Crippen LogP contribution in [0.15, 0.2) is 23.2 Å². The van der Waals surface area contributed by atoms with E-state index in [1.54, 1.807) is 12.1 Å². The van der Waals surface area contributed by atoms with Crippen molar-refractivity contribution >= 4 is 15.8 Å². The molecule has 1 aliphatic rings. The summed E-state index contributed by atoms with van der Waals surface area (Å²) in [6.45, 7) is 8.97. The van der Waals surface area contributed by atoms with Gasteiger partial charge in [-0.15, -0.1) is 0 Å². The first-order valence-electron chi connectivity index (χ1n) is 8.16. The van der Waals surface area contributed by atoms with E-state index in [9.17, 15) is 13.5 Å². The van der Waals surface area contributed by atoms with Crippen molar-refractivity contribution in [3.8, 4) is 0 Å². The molecular weight excluding hydrogens is 314 g/mol. The number of rotatable bonds is 5. The van der Waals surface area contributed by atoms with E-state index in [4.69, 9.17) is 0 Å². The highest BCUT2D eigenvalue weighted by Crippen LogP contribution is 2.23. The lowest BCUT2D eigenvalue weighted by molar-refractivity contribution is 0.145. The Balaban J connectivity index is 2.21. The van der Waals surface area contributed by atoms with Crippen LogP contribution in [0.3, 0.4) is 0 Å². The fraction of sp³-hybridized carbons (Fsp3) is 0.688. The van der Waals surface area contributed by atoms with E-state index in [1.807, 2.05) is 27.7 Å². The van der Waals surface area contributed by atoms with Crippen LogP contribution >= 0.6 is 0 Å². The number of pyridine rings is 1. The maximum Gasteiger partial charge on any atom is 0.245 e. The van der Waals surface area contributed by atoms with E-state index in [2.05, 4.69) is 9.88 Å². The summed E-state index contributed by atoms with van der Waals surface area (Å²) < 4.78 is 27.1. The van der Waals surface area contributed by atoms with E-state index in [1.165, 1.54) is 10.5 Å². The van der Waals surface area contributed by atoms with Gasteiger partial charge in [0, 0.05) is 31.4 Å². The van der Waals surface area contributed by atoms with Crippen molar-refractivity contribution in [2.75, 3.05) is 18.0 Å². The molecule has 1 aromatic rings. The topological polar surface area (TPSA) is 73.7 Å². The molecule has 0 amide bonds. The molecule has 1 fully saturated rings.